The lowest BCUT2D eigenvalue weighted by atomic mass is 10.5. The lowest BCUT2D eigenvalue weighted by Gasteiger charge is -2.10. The van der Waals surface area contributed by atoms with Crippen LogP contribution in [-0.2, 0) is 10.0 Å². The third-order valence-corrected chi connectivity index (χ3v) is 6.08. The van der Waals surface area contributed by atoms with Crippen LogP contribution in [0.2, 0.25) is 0 Å². The van der Waals surface area contributed by atoms with E-state index in [1.54, 1.807) is 40.5 Å². The van der Waals surface area contributed by atoms with Crippen molar-refractivity contribution in [3.05, 3.63) is 42.0 Å². The van der Waals surface area contributed by atoms with Gasteiger partial charge in [-0.25, -0.2) is 17.9 Å². The fraction of sp³-hybridized carbons (Fsp3) is 0.133. The number of methoxy groups -OCH3 is 2. The van der Waals surface area contributed by atoms with Gasteiger partial charge in [-0.05, 0) is 23.6 Å². The summed E-state index contributed by atoms with van der Waals surface area (Å²) in [5, 5.41) is 3.87. The second-order valence-corrected chi connectivity index (χ2v) is 7.81. The highest BCUT2D eigenvalue weighted by atomic mass is 32.2. The first-order valence-corrected chi connectivity index (χ1v) is 9.81. The fourth-order valence-electron chi connectivity index (χ4n) is 2.14. The van der Waals surface area contributed by atoms with Crippen LogP contribution in [0.5, 0.6) is 11.8 Å². The topological polar surface area (TPSA) is 124 Å². The van der Waals surface area contributed by atoms with E-state index in [-0.39, 0.29) is 21.9 Å². The van der Waals surface area contributed by atoms with E-state index < -0.39 is 16.1 Å². The van der Waals surface area contributed by atoms with E-state index in [1.165, 1.54) is 20.3 Å². The van der Waals surface area contributed by atoms with Gasteiger partial charge >= 0.3 is 6.03 Å². The zero-order valence-corrected chi connectivity index (χ0v) is 15.9. The van der Waals surface area contributed by atoms with Crippen LogP contribution in [0, 0.1) is 0 Å². The maximum atomic E-state index is 12.6. The molecule has 0 fully saturated rings. The normalized spacial score (nSPS) is 11.0. The Kier molecular flexibility index (Phi) is 5.28. The summed E-state index contributed by atoms with van der Waals surface area (Å²) in [6.07, 6.45) is 3.41. The maximum Gasteiger partial charge on any atom is 0.335 e. The van der Waals surface area contributed by atoms with Gasteiger partial charge < -0.3 is 14.0 Å². The van der Waals surface area contributed by atoms with Crippen molar-refractivity contribution in [3.8, 4) is 17.4 Å². The molecule has 3 heterocycles. The molecule has 3 aromatic heterocycles. The molecule has 142 valence electrons. The van der Waals surface area contributed by atoms with Gasteiger partial charge in [-0.3, -0.25) is 5.32 Å². The number of carbonyl (C=O) groups excluding carboxylic acids is 1. The molecule has 0 saturated heterocycles. The Labute approximate surface area is 158 Å². The number of urea groups is 1. The summed E-state index contributed by atoms with van der Waals surface area (Å²) in [5.41, 5.74) is 0.435. The van der Waals surface area contributed by atoms with Gasteiger partial charge in [0.2, 0.25) is 17.7 Å². The van der Waals surface area contributed by atoms with Gasteiger partial charge in [-0.15, -0.1) is 11.3 Å². The zero-order chi connectivity index (χ0) is 19.4. The van der Waals surface area contributed by atoms with Crippen molar-refractivity contribution in [1.82, 2.24) is 19.3 Å². The number of nitrogens with zero attached hydrogens (tertiary/aromatic N) is 3. The van der Waals surface area contributed by atoms with Crippen molar-refractivity contribution in [3.63, 3.8) is 0 Å². The van der Waals surface area contributed by atoms with E-state index in [1.807, 2.05) is 4.72 Å². The van der Waals surface area contributed by atoms with Crippen LogP contribution in [0.3, 0.4) is 0 Å². The molecule has 0 bridgehead atoms. The van der Waals surface area contributed by atoms with Crippen LogP contribution >= 0.6 is 11.3 Å². The van der Waals surface area contributed by atoms with Crippen LogP contribution in [0.1, 0.15) is 0 Å². The highest BCUT2D eigenvalue weighted by molar-refractivity contribution is 7.92. The number of nitrogens with one attached hydrogen (secondary N) is 2. The van der Waals surface area contributed by atoms with Gasteiger partial charge in [0.1, 0.15) is 0 Å². The third kappa shape index (κ3) is 4.17. The molecule has 2 N–H and O–H groups in total. The van der Waals surface area contributed by atoms with E-state index in [0.717, 1.165) is 11.3 Å². The Hall–Kier alpha value is -3.12. The molecule has 27 heavy (non-hydrogen) atoms. The number of hydrogen-bond donors (Lipinski definition) is 2. The first kappa shape index (κ1) is 18.7. The second-order valence-electron chi connectivity index (χ2n) is 5.02. The van der Waals surface area contributed by atoms with Crippen molar-refractivity contribution in [1.29, 1.82) is 0 Å². The predicted octanol–water partition coefficient (Wildman–Crippen LogP) is 1.86. The molecular formula is C15H15N5O5S2. The number of anilines is 1. The van der Waals surface area contributed by atoms with Crippen LogP contribution in [0.4, 0.5) is 10.7 Å². The lowest BCUT2D eigenvalue weighted by molar-refractivity contribution is 0.256. The summed E-state index contributed by atoms with van der Waals surface area (Å²) in [6, 6.07) is 5.57. The molecule has 3 rings (SSSR count). The number of sulfonamides is 1. The Balaban J connectivity index is 1.79. The Bertz CT molecular complexity index is 1020. The van der Waals surface area contributed by atoms with Crippen molar-refractivity contribution >= 4 is 33.3 Å². The molecule has 0 saturated carbocycles. The molecule has 0 unspecified atom stereocenters. The quantitative estimate of drug-likeness (QED) is 0.637. The summed E-state index contributed by atoms with van der Waals surface area (Å²) in [4.78, 5) is 20.0. The minimum atomic E-state index is -4.11. The SMILES string of the molecule is COc1cc(OC)nc(NC(=O)NS(=O)(=O)c2sccc2-n2cccc2)n1. The molecule has 0 aliphatic carbocycles. The van der Waals surface area contributed by atoms with Gasteiger partial charge in [0.25, 0.3) is 10.0 Å². The van der Waals surface area contributed by atoms with E-state index in [4.69, 9.17) is 9.47 Å². The van der Waals surface area contributed by atoms with E-state index in [9.17, 15) is 13.2 Å². The summed E-state index contributed by atoms with van der Waals surface area (Å²) in [5.74, 6) is 0.122. The van der Waals surface area contributed by atoms with Gasteiger partial charge in [0.15, 0.2) is 4.21 Å². The highest BCUT2D eigenvalue weighted by Crippen LogP contribution is 2.26. The molecule has 12 heteroatoms. The third-order valence-electron chi connectivity index (χ3n) is 3.29. The average Bonchev–Trinajstić information content (AvgIpc) is 3.31. The van der Waals surface area contributed by atoms with Gasteiger partial charge in [0, 0.05) is 12.4 Å². The number of carbonyl (C=O) groups is 1. The van der Waals surface area contributed by atoms with Crippen molar-refractivity contribution < 1.29 is 22.7 Å². The molecule has 3 aromatic rings. The zero-order valence-electron chi connectivity index (χ0n) is 14.2. The van der Waals surface area contributed by atoms with Gasteiger partial charge in [0.05, 0.1) is 26.0 Å². The fourth-order valence-corrected chi connectivity index (χ4v) is 4.39. The number of hydrogen-bond acceptors (Lipinski definition) is 8. The van der Waals surface area contributed by atoms with Gasteiger partial charge in [-0.2, -0.15) is 9.97 Å². The number of amides is 2. The summed E-state index contributed by atoms with van der Waals surface area (Å²) >= 11 is 0.993. The number of thiophene rings is 1. The van der Waals surface area contributed by atoms with Crippen molar-refractivity contribution in [2.75, 3.05) is 19.5 Å². The highest BCUT2D eigenvalue weighted by Gasteiger charge is 2.24. The molecule has 0 aromatic carbocycles. The monoisotopic (exact) mass is 409 g/mol. The van der Waals surface area contributed by atoms with Crippen molar-refractivity contribution in [2.24, 2.45) is 0 Å². The molecule has 0 aliphatic heterocycles. The standard InChI is InChI=1S/C15H15N5O5S2/c1-24-11-9-12(25-2)17-14(16-11)18-15(21)19-27(22,23)13-10(5-8-26-13)20-6-3-4-7-20/h3-9H,1-2H3,(H2,16,17,18,19,21). The van der Waals surface area contributed by atoms with E-state index in [2.05, 4.69) is 15.3 Å². The molecule has 0 radical (unpaired) electrons. The second kappa shape index (κ2) is 7.63. The number of rotatable bonds is 6. The predicted molar refractivity (Wildman–Crippen MR) is 98.1 cm³/mol. The number of ether oxygens (including phenoxy) is 2. The van der Waals surface area contributed by atoms with Gasteiger partial charge in [-0.1, -0.05) is 0 Å². The minimum absolute atomic E-state index is 0.00186. The summed E-state index contributed by atoms with van der Waals surface area (Å²) < 4.78 is 38.7. The Morgan fingerprint density at radius 1 is 1.15 bits per heavy atom. The Morgan fingerprint density at radius 3 is 2.37 bits per heavy atom. The smallest absolute Gasteiger partial charge is 0.335 e. The van der Waals surface area contributed by atoms with Crippen LogP contribution in [-0.4, -0.2) is 43.2 Å². The lowest BCUT2D eigenvalue weighted by Crippen LogP contribution is -2.34. The Morgan fingerprint density at radius 2 is 1.78 bits per heavy atom. The maximum absolute atomic E-state index is 12.6. The molecule has 0 spiro atoms. The number of aromatic nitrogens is 3. The largest absolute Gasteiger partial charge is 0.481 e. The first-order chi connectivity index (χ1) is 12.9. The minimum Gasteiger partial charge on any atom is -0.481 e. The molecule has 0 aliphatic rings. The van der Waals surface area contributed by atoms with E-state index in [0.29, 0.717) is 5.69 Å². The average molecular weight is 409 g/mol. The molecule has 0 atom stereocenters. The summed E-state index contributed by atoms with van der Waals surface area (Å²) in [7, 11) is -1.34. The summed E-state index contributed by atoms with van der Waals surface area (Å²) in [6.45, 7) is 0. The van der Waals surface area contributed by atoms with Crippen LogP contribution < -0.4 is 19.5 Å². The van der Waals surface area contributed by atoms with E-state index >= 15 is 0 Å². The molecule has 2 amide bonds. The molecular weight excluding hydrogens is 394 g/mol. The van der Waals surface area contributed by atoms with Crippen LogP contribution in [0.25, 0.3) is 5.69 Å². The van der Waals surface area contributed by atoms with Crippen molar-refractivity contribution in [2.45, 2.75) is 4.21 Å². The molecule has 10 nitrogen and oxygen atoms in total. The first-order valence-electron chi connectivity index (χ1n) is 7.44. The van der Waals surface area contributed by atoms with Crippen LogP contribution in [0.15, 0.2) is 46.2 Å².